The number of H-pyrrole nitrogens is 1. The average Bonchev–Trinajstić information content (AvgIpc) is 2.18. The van der Waals surface area contributed by atoms with E-state index in [0.717, 1.165) is 6.33 Å². The third kappa shape index (κ3) is 3.14. The predicted molar refractivity (Wildman–Crippen MR) is 49.1 cm³/mol. The molecule has 0 aliphatic rings. The highest BCUT2D eigenvalue weighted by Gasteiger charge is 2.58. The van der Waals surface area contributed by atoms with Gasteiger partial charge in [0.05, 0.1) is 6.33 Å². The van der Waals surface area contributed by atoms with E-state index in [1.165, 1.54) is 0 Å². The smallest absolute Gasteiger partial charge is 0.456 e. The van der Waals surface area contributed by atoms with Gasteiger partial charge in [-0.3, -0.25) is 4.79 Å². The van der Waals surface area contributed by atoms with Gasteiger partial charge in [0.25, 0.3) is 5.56 Å². The summed E-state index contributed by atoms with van der Waals surface area (Å²) in [6.07, 6.45) is -4.91. The summed E-state index contributed by atoms with van der Waals surface area (Å²) in [7, 11) is 0. The van der Waals surface area contributed by atoms with Crippen molar-refractivity contribution in [3.8, 4) is 5.88 Å². The van der Waals surface area contributed by atoms with Crippen LogP contribution in [0.4, 0.5) is 22.0 Å². The number of hydrogen-bond donors (Lipinski definition) is 1. The maximum Gasteiger partial charge on any atom is 0.456 e. The van der Waals surface area contributed by atoms with E-state index < -0.39 is 30.1 Å². The zero-order chi connectivity index (χ0) is 13.3. The molecule has 0 radical (unpaired) electrons. The number of nitrogens with one attached hydrogen (secondary N) is 1. The van der Waals surface area contributed by atoms with Gasteiger partial charge in [0.15, 0.2) is 6.61 Å². The standard InChI is InChI=1S/C7H4BrF5N2O2/c8-3-4(16)14-2-15-5(3)17-1-6(9,10)7(11,12)13/h2H,1H2,(H,14,15,16). The molecule has 0 fully saturated rings. The second kappa shape index (κ2) is 4.59. The monoisotopic (exact) mass is 322 g/mol. The maximum absolute atomic E-state index is 12.5. The van der Waals surface area contributed by atoms with Gasteiger partial charge in [-0.25, -0.2) is 4.98 Å². The molecular formula is C7H4BrF5N2O2. The summed E-state index contributed by atoms with van der Waals surface area (Å²) in [6, 6.07) is 0. The van der Waals surface area contributed by atoms with Crippen LogP contribution >= 0.6 is 15.9 Å². The van der Waals surface area contributed by atoms with E-state index in [1.807, 2.05) is 0 Å². The zero-order valence-electron chi connectivity index (χ0n) is 7.82. The SMILES string of the molecule is O=c1[nH]cnc(OCC(F)(F)C(F)(F)F)c1Br. The maximum atomic E-state index is 12.5. The van der Waals surface area contributed by atoms with Crippen LogP contribution in [0.3, 0.4) is 0 Å². The summed E-state index contributed by atoms with van der Waals surface area (Å²) in [6.45, 7) is -1.95. The summed E-state index contributed by atoms with van der Waals surface area (Å²) < 4.78 is 64.1. The summed E-state index contributed by atoms with van der Waals surface area (Å²) in [5.41, 5.74) is -0.759. The highest BCUT2D eigenvalue weighted by Crippen LogP contribution is 2.35. The molecule has 0 aromatic carbocycles. The van der Waals surface area contributed by atoms with Crippen molar-refractivity contribution < 1.29 is 26.7 Å². The topological polar surface area (TPSA) is 55.0 Å². The van der Waals surface area contributed by atoms with Gasteiger partial charge in [0.1, 0.15) is 4.47 Å². The molecule has 0 saturated carbocycles. The molecule has 96 valence electrons. The van der Waals surface area contributed by atoms with Crippen molar-refractivity contribution in [2.24, 2.45) is 0 Å². The highest BCUT2D eigenvalue weighted by molar-refractivity contribution is 9.10. The Balaban J connectivity index is 2.82. The molecule has 1 aromatic heterocycles. The lowest BCUT2D eigenvalue weighted by atomic mass is 10.3. The third-order valence-corrected chi connectivity index (χ3v) is 2.27. The van der Waals surface area contributed by atoms with Crippen molar-refractivity contribution >= 4 is 15.9 Å². The predicted octanol–water partition coefficient (Wildman–Crippen LogP) is 2.11. The minimum absolute atomic E-state index is 0.363. The van der Waals surface area contributed by atoms with Gasteiger partial charge in [0.2, 0.25) is 5.88 Å². The number of alkyl halides is 5. The Morgan fingerprint density at radius 1 is 1.35 bits per heavy atom. The zero-order valence-corrected chi connectivity index (χ0v) is 9.40. The van der Waals surface area contributed by atoms with Crippen LogP contribution in [-0.4, -0.2) is 28.7 Å². The Morgan fingerprint density at radius 3 is 2.47 bits per heavy atom. The number of ether oxygens (including phenoxy) is 1. The van der Waals surface area contributed by atoms with Crippen LogP contribution in [0.25, 0.3) is 0 Å². The molecule has 0 atom stereocenters. The Bertz CT molecular complexity index is 458. The minimum Gasteiger partial charge on any atom is -0.470 e. The van der Waals surface area contributed by atoms with E-state index in [9.17, 15) is 26.7 Å². The number of rotatable bonds is 3. The number of aromatic nitrogens is 2. The average molecular weight is 323 g/mol. The minimum atomic E-state index is -5.72. The first-order valence-corrected chi connectivity index (χ1v) is 4.75. The molecule has 4 nitrogen and oxygen atoms in total. The molecule has 10 heteroatoms. The van der Waals surface area contributed by atoms with Gasteiger partial charge in [-0.2, -0.15) is 22.0 Å². The molecule has 17 heavy (non-hydrogen) atoms. The molecule has 1 N–H and O–H groups in total. The molecule has 0 amide bonds. The second-order valence-corrected chi connectivity index (χ2v) is 3.63. The van der Waals surface area contributed by atoms with Gasteiger partial charge >= 0.3 is 12.1 Å². The first-order chi connectivity index (χ1) is 7.65. The molecule has 0 saturated heterocycles. The summed E-state index contributed by atoms with van der Waals surface area (Å²) in [4.78, 5) is 16.3. The van der Waals surface area contributed by atoms with Crippen LogP contribution in [0.1, 0.15) is 0 Å². The first kappa shape index (κ1) is 13.9. The normalized spacial score (nSPS) is 12.6. The van der Waals surface area contributed by atoms with Crippen molar-refractivity contribution in [3.63, 3.8) is 0 Å². The second-order valence-electron chi connectivity index (χ2n) is 2.84. The molecule has 0 spiro atoms. The molecule has 0 unspecified atom stereocenters. The van der Waals surface area contributed by atoms with Crippen LogP contribution in [0.5, 0.6) is 5.88 Å². The van der Waals surface area contributed by atoms with Crippen molar-refractivity contribution in [1.82, 2.24) is 9.97 Å². The largest absolute Gasteiger partial charge is 0.470 e. The fourth-order valence-corrected chi connectivity index (χ4v) is 1.04. The Labute approximate surface area is 98.9 Å². The molecule has 0 aliphatic carbocycles. The molecule has 1 rings (SSSR count). The fourth-order valence-electron chi connectivity index (χ4n) is 0.708. The van der Waals surface area contributed by atoms with E-state index in [4.69, 9.17) is 0 Å². The van der Waals surface area contributed by atoms with E-state index in [0.29, 0.717) is 0 Å². The van der Waals surface area contributed by atoms with Crippen molar-refractivity contribution in [1.29, 1.82) is 0 Å². The third-order valence-electron chi connectivity index (χ3n) is 1.57. The van der Waals surface area contributed by atoms with Gasteiger partial charge in [-0.15, -0.1) is 0 Å². The lowest BCUT2D eigenvalue weighted by Crippen LogP contribution is -2.42. The summed E-state index contributed by atoms with van der Waals surface area (Å²) in [5, 5.41) is 0. The Morgan fingerprint density at radius 2 is 1.94 bits per heavy atom. The molecule has 1 heterocycles. The molecular weight excluding hydrogens is 319 g/mol. The number of aromatic amines is 1. The van der Waals surface area contributed by atoms with Crippen LogP contribution in [0.2, 0.25) is 0 Å². The molecule has 0 aliphatic heterocycles. The van der Waals surface area contributed by atoms with Gasteiger partial charge < -0.3 is 9.72 Å². The van der Waals surface area contributed by atoms with Crippen LogP contribution < -0.4 is 10.3 Å². The fraction of sp³-hybridized carbons (Fsp3) is 0.429. The van der Waals surface area contributed by atoms with E-state index in [2.05, 4.69) is 30.6 Å². The van der Waals surface area contributed by atoms with Gasteiger partial charge in [0, 0.05) is 0 Å². The lowest BCUT2D eigenvalue weighted by Gasteiger charge is -2.19. The van der Waals surface area contributed by atoms with Crippen LogP contribution in [0.15, 0.2) is 15.6 Å². The van der Waals surface area contributed by atoms with Crippen molar-refractivity contribution in [3.05, 3.63) is 21.2 Å². The number of halogens is 6. The highest BCUT2D eigenvalue weighted by atomic mass is 79.9. The Hall–Kier alpha value is -1.19. The van der Waals surface area contributed by atoms with Crippen molar-refractivity contribution in [2.75, 3.05) is 6.61 Å². The summed E-state index contributed by atoms with van der Waals surface area (Å²) >= 11 is 2.64. The van der Waals surface area contributed by atoms with Crippen molar-refractivity contribution in [2.45, 2.75) is 12.1 Å². The lowest BCUT2D eigenvalue weighted by molar-refractivity contribution is -0.290. The molecule has 0 bridgehead atoms. The molecule has 1 aromatic rings. The first-order valence-electron chi connectivity index (χ1n) is 3.95. The van der Waals surface area contributed by atoms with Crippen LogP contribution in [0, 0.1) is 0 Å². The quantitative estimate of drug-likeness (QED) is 0.867. The van der Waals surface area contributed by atoms with E-state index >= 15 is 0 Å². The van der Waals surface area contributed by atoms with E-state index in [-0.39, 0.29) is 4.47 Å². The Kier molecular flexibility index (Phi) is 3.74. The van der Waals surface area contributed by atoms with E-state index in [1.54, 1.807) is 0 Å². The van der Waals surface area contributed by atoms with Gasteiger partial charge in [-0.05, 0) is 15.9 Å². The van der Waals surface area contributed by atoms with Gasteiger partial charge in [-0.1, -0.05) is 0 Å². The number of hydrogen-bond acceptors (Lipinski definition) is 3. The van der Waals surface area contributed by atoms with Crippen LogP contribution in [-0.2, 0) is 0 Å². The summed E-state index contributed by atoms with van der Waals surface area (Å²) in [5.74, 6) is -5.66. The number of nitrogens with zero attached hydrogens (tertiary/aromatic N) is 1.